The lowest BCUT2D eigenvalue weighted by molar-refractivity contribution is -0.113. The van der Waals surface area contributed by atoms with Crippen molar-refractivity contribution in [1.29, 1.82) is 0 Å². The van der Waals surface area contributed by atoms with Gasteiger partial charge in [0.25, 0.3) is 0 Å². The molecule has 2 aromatic heterocycles. The van der Waals surface area contributed by atoms with Crippen LogP contribution in [0, 0.1) is 0 Å². The van der Waals surface area contributed by atoms with E-state index in [0.717, 1.165) is 0 Å². The van der Waals surface area contributed by atoms with E-state index in [1.807, 2.05) is 0 Å². The Morgan fingerprint density at radius 3 is 2.94 bits per heavy atom. The summed E-state index contributed by atoms with van der Waals surface area (Å²) in [5.74, 6) is 0.647. The smallest absolute Gasteiger partial charge is 0.236 e. The maximum atomic E-state index is 11.6. The molecular weight excluding hydrogens is 252 g/mol. The highest BCUT2D eigenvalue weighted by atomic mass is 32.2. The molecule has 3 N–H and O–H groups in total. The van der Waals surface area contributed by atoms with E-state index in [0.29, 0.717) is 11.0 Å². The van der Waals surface area contributed by atoms with E-state index in [2.05, 4.69) is 25.3 Å². The van der Waals surface area contributed by atoms with Crippen molar-refractivity contribution in [2.45, 2.75) is 5.16 Å². The number of hydrogen-bond acceptors (Lipinski definition) is 7. The van der Waals surface area contributed by atoms with Crippen LogP contribution in [0.1, 0.15) is 0 Å². The Bertz CT molecular complexity index is 535. The molecule has 0 aliphatic heterocycles. The number of nitrogens with two attached hydrogens (primary N) is 1. The number of hydrogen-bond donors (Lipinski definition) is 2. The third-order valence-electron chi connectivity index (χ3n) is 1.83. The van der Waals surface area contributed by atoms with Crippen LogP contribution in [0.25, 0.3) is 0 Å². The fraction of sp³-hybridized carbons (Fsp3) is 0.100. The summed E-state index contributed by atoms with van der Waals surface area (Å²) in [5.41, 5.74) is 5.40. The van der Waals surface area contributed by atoms with Crippen molar-refractivity contribution in [1.82, 2.24) is 19.9 Å². The molecule has 8 heteroatoms. The quantitative estimate of drug-likeness (QED) is 0.776. The summed E-state index contributed by atoms with van der Waals surface area (Å²) in [6.07, 6.45) is 2.91. The zero-order chi connectivity index (χ0) is 12.8. The fourth-order valence-electron chi connectivity index (χ4n) is 1.11. The summed E-state index contributed by atoms with van der Waals surface area (Å²) < 4.78 is 0. The molecule has 7 nitrogen and oxygen atoms in total. The first kappa shape index (κ1) is 12.2. The molecule has 0 radical (unpaired) electrons. The van der Waals surface area contributed by atoms with Crippen molar-refractivity contribution in [2.75, 3.05) is 16.8 Å². The van der Waals surface area contributed by atoms with Crippen LogP contribution in [0.2, 0.25) is 0 Å². The Hall–Kier alpha value is -2.22. The molecule has 0 aliphatic carbocycles. The van der Waals surface area contributed by atoms with Gasteiger partial charge in [-0.15, -0.1) is 0 Å². The molecule has 92 valence electrons. The Labute approximate surface area is 107 Å². The molecule has 0 saturated heterocycles. The molecule has 0 bridgehead atoms. The van der Waals surface area contributed by atoms with Crippen molar-refractivity contribution in [3.8, 4) is 0 Å². The predicted molar refractivity (Wildman–Crippen MR) is 67.8 cm³/mol. The number of carbonyl (C=O) groups excluding carboxylic acids is 1. The number of pyridine rings is 1. The molecule has 18 heavy (non-hydrogen) atoms. The first-order valence-corrected chi connectivity index (χ1v) is 6.01. The Kier molecular flexibility index (Phi) is 4.02. The second-order valence-corrected chi connectivity index (χ2v) is 4.12. The lowest BCUT2D eigenvalue weighted by Gasteiger charge is -2.03. The first-order chi connectivity index (χ1) is 8.74. The van der Waals surface area contributed by atoms with Crippen molar-refractivity contribution in [3.05, 3.63) is 30.7 Å². The van der Waals surface area contributed by atoms with Crippen LogP contribution in [0.15, 0.2) is 35.9 Å². The van der Waals surface area contributed by atoms with Gasteiger partial charge in [0.05, 0.1) is 5.75 Å². The zero-order valence-corrected chi connectivity index (χ0v) is 10.1. The van der Waals surface area contributed by atoms with E-state index in [4.69, 9.17) is 5.73 Å². The van der Waals surface area contributed by atoms with Crippen molar-refractivity contribution in [3.63, 3.8) is 0 Å². The second-order valence-electron chi connectivity index (χ2n) is 3.18. The monoisotopic (exact) mass is 262 g/mol. The van der Waals surface area contributed by atoms with Crippen LogP contribution in [0.3, 0.4) is 0 Å². The van der Waals surface area contributed by atoms with Gasteiger partial charge in [0.15, 0.2) is 5.16 Å². The minimum Gasteiger partial charge on any atom is -0.368 e. The van der Waals surface area contributed by atoms with Crippen LogP contribution in [0.4, 0.5) is 11.8 Å². The number of nitrogen functional groups attached to an aromatic ring is 1. The minimum absolute atomic E-state index is 0.137. The van der Waals surface area contributed by atoms with Gasteiger partial charge in [-0.1, -0.05) is 17.8 Å². The van der Waals surface area contributed by atoms with Crippen LogP contribution < -0.4 is 11.1 Å². The average Bonchev–Trinajstić information content (AvgIpc) is 2.38. The lowest BCUT2D eigenvalue weighted by atomic mass is 10.4. The number of rotatable bonds is 4. The SMILES string of the molecule is Nc1ncnc(SCC(=O)Nc2ccccn2)n1. The molecule has 2 heterocycles. The highest BCUT2D eigenvalue weighted by Gasteiger charge is 2.06. The van der Waals surface area contributed by atoms with E-state index in [1.54, 1.807) is 24.4 Å². The molecule has 0 unspecified atom stereocenters. The van der Waals surface area contributed by atoms with E-state index in [9.17, 15) is 4.79 Å². The summed E-state index contributed by atoms with van der Waals surface area (Å²) in [6.45, 7) is 0. The van der Waals surface area contributed by atoms with E-state index < -0.39 is 0 Å². The third-order valence-corrected chi connectivity index (χ3v) is 2.69. The van der Waals surface area contributed by atoms with Crippen molar-refractivity contribution >= 4 is 29.4 Å². The maximum Gasteiger partial charge on any atom is 0.236 e. The van der Waals surface area contributed by atoms with Gasteiger partial charge in [-0.05, 0) is 12.1 Å². The fourth-order valence-corrected chi connectivity index (χ4v) is 1.72. The Morgan fingerprint density at radius 2 is 2.22 bits per heavy atom. The highest BCUT2D eigenvalue weighted by Crippen LogP contribution is 2.12. The number of nitrogens with one attached hydrogen (secondary N) is 1. The number of nitrogens with zero attached hydrogens (tertiary/aromatic N) is 4. The molecule has 0 fully saturated rings. The summed E-state index contributed by atoms with van der Waals surface area (Å²) in [6, 6.07) is 5.28. The molecule has 0 saturated carbocycles. The van der Waals surface area contributed by atoms with Crippen molar-refractivity contribution < 1.29 is 4.79 Å². The zero-order valence-electron chi connectivity index (χ0n) is 9.28. The van der Waals surface area contributed by atoms with Gasteiger partial charge in [0.1, 0.15) is 12.1 Å². The van der Waals surface area contributed by atoms with Gasteiger partial charge in [-0.3, -0.25) is 4.79 Å². The molecule has 0 aliphatic rings. The maximum absolute atomic E-state index is 11.6. The summed E-state index contributed by atoms with van der Waals surface area (Å²) in [4.78, 5) is 27.0. The molecular formula is C10H10N6OS. The summed E-state index contributed by atoms with van der Waals surface area (Å²) in [7, 11) is 0. The normalized spacial score (nSPS) is 10.0. The van der Waals surface area contributed by atoms with Gasteiger partial charge in [-0.2, -0.15) is 4.98 Å². The second kappa shape index (κ2) is 5.92. The van der Waals surface area contributed by atoms with Crippen LogP contribution >= 0.6 is 11.8 Å². The van der Waals surface area contributed by atoms with Crippen LogP contribution in [-0.2, 0) is 4.79 Å². The topological polar surface area (TPSA) is 107 Å². The van der Waals surface area contributed by atoms with Gasteiger partial charge >= 0.3 is 0 Å². The highest BCUT2D eigenvalue weighted by molar-refractivity contribution is 7.99. The number of anilines is 2. The van der Waals surface area contributed by atoms with E-state index in [1.165, 1.54) is 18.1 Å². The third kappa shape index (κ3) is 3.67. The standard InChI is InChI=1S/C10H10N6OS/c11-9-13-6-14-10(16-9)18-5-8(17)15-7-3-1-2-4-12-7/h1-4,6H,5H2,(H,12,15,17)(H2,11,13,14,16). The van der Waals surface area contributed by atoms with Crippen LogP contribution in [-0.4, -0.2) is 31.6 Å². The Balaban J connectivity index is 1.85. The molecule has 2 aromatic rings. The van der Waals surface area contributed by atoms with E-state index >= 15 is 0 Å². The van der Waals surface area contributed by atoms with Crippen molar-refractivity contribution in [2.24, 2.45) is 0 Å². The number of aromatic nitrogens is 4. The van der Waals surface area contributed by atoms with Gasteiger partial charge in [0, 0.05) is 6.20 Å². The van der Waals surface area contributed by atoms with Gasteiger partial charge < -0.3 is 11.1 Å². The van der Waals surface area contributed by atoms with E-state index in [-0.39, 0.29) is 17.6 Å². The molecule has 0 atom stereocenters. The number of thioether (sulfide) groups is 1. The largest absolute Gasteiger partial charge is 0.368 e. The molecule has 0 spiro atoms. The molecule has 2 rings (SSSR count). The number of amides is 1. The summed E-state index contributed by atoms with van der Waals surface area (Å²) >= 11 is 1.18. The summed E-state index contributed by atoms with van der Waals surface area (Å²) in [5, 5.41) is 3.07. The molecule has 1 amide bonds. The predicted octanol–water partition coefficient (Wildman–Crippen LogP) is 0.580. The minimum atomic E-state index is -0.183. The number of carbonyl (C=O) groups is 1. The van der Waals surface area contributed by atoms with Gasteiger partial charge in [-0.25, -0.2) is 15.0 Å². The lowest BCUT2D eigenvalue weighted by Crippen LogP contribution is -2.15. The Morgan fingerprint density at radius 1 is 1.33 bits per heavy atom. The van der Waals surface area contributed by atoms with Gasteiger partial charge in [0.2, 0.25) is 11.9 Å². The van der Waals surface area contributed by atoms with Crippen LogP contribution in [0.5, 0.6) is 0 Å². The average molecular weight is 262 g/mol. The molecule has 0 aromatic carbocycles. The first-order valence-electron chi connectivity index (χ1n) is 5.02.